The predicted molar refractivity (Wildman–Crippen MR) is 88.5 cm³/mol. The molecule has 1 saturated carbocycles. The van der Waals surface area contributed by atoms with Crippen molar-refractivity contribution in [3.63, 3.8) is 0 Å². The van der Waals surface area contributed by atoms with Crippen molar-refractivity contribution >= 4 is 5.91 Å². The van der Waals surface area contributed by atoms with Crippen molar-refractivity contribution in [3.05, 3.63) is 54.0 Å². The molecule has 2 aromatic heterocycles. The van der Waals surface area contributed by atoms with Crippen LogP contribution in [0.15, 0.2) is 42.7 Å². The van der Waals surface area contributed by atoms with E-state index in [2.05, 4.69) is 15.3 Å². The molecule has 126 valence electrons. The van der Waals surface area contributed by atoms with Gasteiger partial charge >= 0.3 is 0 Å². The summed E-state index contributed by atoms with van der Waals surface area (Å²) in [5.74, 6) is 0.222. The van der Waals surface area contributed by atoms with E-state index in [0.29, 0.717) is 18.1 Å². The van der Waals surface area contributed by atoms with Crippen molar-refractivity contribution in [1.82, 2.24) is 15.3 Å². The molecule has 0 radical (unpaired) electrons. The Morgan fingerprint density at radius 3 is 2.79 bits per heavy atom. The third-order valence-corrected chi connectivity index (χ3v) is 4.14. The van der Waals surface area contributed by atoms with Gasteiger partial charge in [-0.15, -0.1) is 0 Å². The topological polar surface area (TPSA) is 84.3 Å². The van der Waals surface area contributed by atoms with Crippen molar-refractivity contribution in [2.45, 2.75) is 44.4 Å². The molecule has 0 aliphatic heterocycles. The third-order valence-electron chi connectivity index (χ3n) is 4.14. The molecule has 0 spiro atoms. The van der Waals surface area contributed by atoms with Crippen LogP contribution >= 0.6 is 0 Å². The fourth-order valence-corrected chi connectivity index (χ4v) is 2.76. The predicted octanol–water partition coefficient (Wildman–Crippen LogP) is 2.09. The molecule has 6 nitrogen and oxygen atoms in total. The molecule has 2 aromatic rings. The molecule has 0 saturated heterocycles. The van der Waals surface area contributed by atoms with E-state index < -0.39 is 6.10 Å². The lowest BCUT2D eigenvalue weighted by atomic mass is 9.92. The Morgan fingerprint density at radius 1 is 1.21 bits per heavy atom. The Kier molecular flexibility index (Phi) is 5.38. The van der Waals surface area contributed by atoms with Crippen molar-refractivity contribution in [2.24, 2.45) is 0 Å². The molecule has 0 bridgehead atoms. The van der Waals surface area contributed by atoms with Gasteiger partial charge in [0, 0.05) is 18.5 Å². The molecule has 1 aliphatic carbocycles. The highest BCUT2D eigenvalue weighted by Crippen LogP contribution is 2.19. The Balaban J connectivity index is 1.54. The zero-order chi connectivity index (χ0) is 16.8. The van der Waals surface area contributed by atoms with Crippen LogP contribution in [0.25, 0.3) is 0 Å². The second-order valence-corrected chi connectivity index (χ2v) is 5.93. The molecule has 0 aromatic carbocycles. The molecule has 2 atom stereocenters. The molecule has 2 unspecified atom stereocenters. The molecule has 6 heteroatoms. The number of hydrogen-bond donors (Lipinski definition) is 2. The fraction of sp³-hybridized carbons (Fsp3) is 0.389. The average molecular weight is 327 g/mol. The number of carbonyl (C=O) groups is 1. The standard InChI is InChI=1S/C18H21N3O3/c22-16-7-2-1-6-15(16)21-18(23)13-8-9-17(20-11-13)24-12-14-5-3-4-10-19-14/h3-5,8-11,15-16,22H,1-2,6-7,12H2,(H,21,23). The summed E-state index contributed by atoms with van der Waals surface area (Å²) in [5, 5.41) is 12.8. The minimum atomic E-state index is -0.461. The van der Waals surface area contributed by atoms with Crippen LogP contribution in [0.3, 0.4) is 0 Å². The van der Waals surface area contributed by atoms with Gasteiger partial charge in [-0.3, -0.25) is 9.78 Å². The highest BCUT2D eigenvalue weighted by molar-refractivity contribution is 5.94. The van der Waals surface area contributed by atoms with Gasteiger partial charge in [0.1, 0.15) is 6.61 Å². The monoisotopic (exact) mass is 327 g/mol. The van der Waals surface area contributed by atoms with Gasteiger partial charge in [0.2, 0.25) is 5.88 Å². The Bertz CT molecular complexity index is 661. The van der Waals surface area contributed by atoms with E-state index >= 15 is 0 Å². The van der Waals surface area contributed by atoms with Crippen molar-refractivity contribution in [2.75, 3.05) is 0 Å². The van der Waals surface area contributed by atoms with Crippen LogP contribution in [-0.2, 0) is 6.61 Å². The number of ether oxygens (including phenoxy) is 1. The summed E-state index contributed by atoms with van der Waals surface area (Å²) in [6.07, 6.45) is 6.32. The number of aliphatic hydroxyl groups excluding tert-OH is 1. The Hall–Kier alpha value is -2.47. The summed E-state index contributed by atoms with van der Waals surface area (Å²) < 4.78 is 5.55. The second-order valence-electron chi connectivity index (χ2n) is 5.93. The number of pyridine rings is 2. The van der Waals surface area contributed by atoms with Crippen molar-refractivity contribution in [1.29, 1.82) is 0 Å². The van der Waals surface area contributed by atoms with Gasteiger partial charge < -0.3 is 15.2 Å². The van der Waals surface area contributed by atoms with Crippen LogP contribution in [-0.4, -0.2) is 33.1 Å². The molecule has 2 N–H and O–H groups in total. The number of amides is 1. The summed E-state index contributed by atoms with van der Waals surface area (Å²) in [6, 6.07) is 8.77. The number of rotatable bonds is 5. The highest BCUT2D eigenvalue weighted by atomic mass is 16.5. The number of nitrogens with zero attached hydrogens (tertiary/aromatic N) is 2. The van der Waals surface area contributed by atoms with E-state index in [1.807, 2.05) is 18.2 Å². The van der Waals surface area contributed by atoms with Crippen molar-refractivity contribution < 1.29 is 14.6 Å². The number of hydrogen-bond acceptors (Lipinski definition) is 5. The van der Waals surface area contributed by atoms with E-state index in [1.165, 1.54) is 6.20 Å². The molecule has 3 rings (SSSR count). The first kappa shape index (κ1) is 16.4. The van der Waals surface area contributed by atoms with E-state index in [-0.39, 0.29) is 11.9 Å². The highest BCUT2D eigenvalue weighted by Gasteiger charge is 2.24. The first-order valence-electron chi connectivity index (χ1n) is 8.20. The zero-order valence-electron chi connectivity index (χ0n) is 13.4. The summed E-state index contributed by atoms with van der Waals surface area (Å²) >= 11 is 0. The first-order chi connectivity index (χ1) is 11.7. The molecule has 1 fully saturated rings. The SMILES string of the molecule is O=C(NC1CCCCC1O)c1ccc(OCc2ccccn2)nc1. The second kappa shape index (κ2) is 7.88. The summed E-state index contributed by atoms with van der Waals surface area (Å²) in [7, 11) is 0. The molecule has 1 aliphatic rings. The van der Waals surface area contributed by atoms with Crippen LogP contribution in [0, 0.1) is 0 Å². The molecular formula is C18H21N3O3. The van der Waals surface area contributed by atoms with E-state index in [4.69, 9.17) is 4.74 Å². The lowest BCUT2D eigenvalue weighted by Crippen LogP contribution is -2.45. The van der Waals surface area contributed by atoms with Gasteiger partial charge in [-0.05, 0) is 31.0 Å². The van der Waals surface area contributed by atoms with Crippen LogP contribution in [0.4, 0.5) is 0 Å². The molecular weight excluding hydrogens is 306 g/mol. The van der Waals surface area contributed by atoms with Crippen LogP contribution < -0.4 is 10.1 Å². The van der Waals surface area contributed by atoms with Gasteiger partial charge in [0.15, 0.2) is 0 Å². The number of carbonyl (C=O) groups excluding carboxylic acids is 1. The van der Waals surface area contributed by atoms with Crippen LogP contribution in [0.2, 0.25) is 0 Å². The quantitative estimate of drug-likeness (QED) is 0.878. The van der Waals surface area contributed by atoms with Gasteiger partial charge in [0.25, 0.3) is 5.91 Å². The van der Waals surface area contributed by atoms with Gasteiger partial charge in [-0.1, -0.05) is 18.9 Å². The molecule has 2 heterocycles. The maximum Gasteiger partial charge on any atom is 0.253 e. The van der Waals surface area contributed by atoms with E-state index in [0.717, 1.165) is 31.4 Å². The smallest absolute Gasteiger partial charge is 0.253 e. The van der Waals surface area contributed by atoms with Gasteiger partial charge in [-0.25, -0.2) is 4.98 Å². The first-order valence-corrected chi connectivity index (χ1v) is 8.20. The Labute approximate surface area is 140 Å². The maximum absolute atomic E-state index is 12.2. The number of nitrogens with one attached hydrogen (secondary N) is 1. The van der Waals surface area contributed by atoms with Crippen LogP contribution in [0.5, 0.6) is 5.88 Å². The number of aliphatic hydroxyl groups is 1. The summed E-state index contributed by atoms with van der Waals surface area (Å²) in [5.41, 5.74) is 1.27. The lowest BCUT2D eigenvalue weighted by Gasteiger charge is -2.28. The maximum atomic E-state index is 12.2. The van der Waals surface area contributed by atoms with E-state index in [9.17, 15) is 9.90 Å². The largest absolute Gasteiger partial charge is 0.471 e. The van der Waals surface area contributed by atoms with Gasteiger partial charge in [-0.2, -0.15) is 0 Å². The van der Waals surface area contributed by atoms with Crippen molar-refractivity contribution in [3.8, 4) is 5.88 Å². The van der Waals surface area contributed by atoms with E-state index in [1.54, 1.807) is 18.3 Å². The number of aromatic nitrogens is 2. The average Bonchev–Trinajstić information content (AvgIpc) is 2.63. The lowest BCUT2D eigenvalue weighted by molar-refractivity contribution is 0.0717. The van der Waals surface area contributed by atoms with Crippen LogP contribution in [0.1, 0.15) is 41.7 Å². The fourth-order valence-electron chi connectivity index (χ4n) is 2.76. The summed E-state index contributed by atoms with van der Waals surface area (Å²) in [6.45, 7) is 0.327. The minimum Gasteiger partial charge on any atom is -0.471 e. The normalized spacial score (nSPS) is 20.4. The zero-order valence-corrected chi connectivity index (χ0v) is 13.4. The molecule has 1 amide bonds. The molecule has 24 heavy (non-hydrogen) atoms. The third kappa shape index (κ3) is 4.29. The summed E-state index contributed by atoms with van der Waals surface area (Å²) in [4.78, 5) is 20.6. The Morgan fingerprint density at radius 2 is 2.08 bits per heavy atom. The minimum absolute atomic E-state index is 0.175. The van der Waals surface area contributed by atoms with Gasteiger partial charge in [0.05, 0.1) is 23.4 Å².